The highest BCUT2D eigenvalue weighted by Gasteiger charge is 2.30. The second kappa shape index (κ2) is 10.4. The van der Waals surface area contributed by atoms with Gasteiger partial charge in [0, 0.05) is 10.5 Å². The summed E-state index contributed by atoms with van der Waals surface area (Å²) < 4.78 is 10.7. The monoisotopic (exact) mass is 413 g/mol. The molecule has 6 heteroatoms. The molecule has 1 unspecified atom stereocenters. The fourth-order valence-electron chi connectivity index (χ4n) is 3.80. The van der Waals surface area contributed by atoms with Crippen LogP contribution in [0.2, 0.25) is 0 Å². The predicted octanol–water partition coefficient (Wildman–Crippen LogP) is 4.99. The molecule has 1 amide bonds. The van der Waals surface area contributed by atoms with Gasteiger partial charge in [-0.15, -0.1) is 0 Å². The number of aryl methyl sites for hydroxylation is 1. The maximum atomic E-state index is 12.4. The number of hydrogen-bond donors (Lipinski definition) is 2. The number of methoxy groups -OCH3 is 2. The van der Waals surface area contributed by atoms with E-state index in [9.17, 15) is 10.0 Å². The van der Waals surface area contributed by atoms with Crippen LogP contribution in [0, 0.1) is 5.92 Å². The summed E-state index contributed by atoms with van der Waals surface area (Å²) >= 11 is 1.56. The topological polar surface area (TPSA) is 67.8 Å². The lowest BCUT2D eigenvalue weighted by Gasteiger charge is -2.14. The molecule has 0 fully saturated rings. The van der Waals surface area contributed by atoms with E-state index in [0.717, 1.165) is 41.9 Å². The van der Waals surface area contributed by atoms with Gasteiger partial charge in [-0.05, 0) is 66.7 Å². The number of rotatable bonds is 9. The molecule has 0 saturated heterocycles. The lowest BCUT2D eigenvalue weighted by molar-refractivity contribution is -0.125. The SMILES string of the molecule is COc1ccc(SC2=C(C(=O)NO)C(CCCc3ccccc3)CC2)cc1OC. The molecule has 1 aliphatic rings. The summed E-state index contributed by atoms with van der Waals surface area (Å²) in [5, 5.41) is 9.27. The minimum absolute atomic E-state index is 0.161. The number of carbonyl (C=O) groups excluding carboxylic acids is 1. The Morgan fingerprint density at radius 1 is 1.14 bits per heavy atom. The minimum atomic E-state index is -0.393. The van der Waals surface area contributed by atoms with E-state index < -0.39 is 5.91 Å². The van der Waals surface area contributed by atoms with E-state index in [4.69, 9.17) is 9.47 Å². The van der Waals surface area contributed by atoms with Gasteiger partial charge in [0.15, 0.2) is 11.5 Å². The van der Waals surface area contributed by atoms with E-state index in [2.05, 4.69) is 12.1 Å². The molecule has 2 aromatic rings. The van der Waals surface area contributed by atoms with Crippen LogP contribution in [-0.2, 0) is 11.2 Å². The zero-order valence-electron chi connectivity index (χ0n) is 16.8. The van der Waals surface area contributed by atoms with Crippen molar-refractivity contribution in [3.63, 3.8) is 0 Å². The molecule has 5 nitrogen and oxygen atoms in total. The number of hydroxylamine groups is 1. The van der Waals surface area contributed by atoms with Gasteiger partial charge in [0.05, 0.1) is 14.2 Å². The maximum absolute atomic E-state index is 12.4. The summed E-state index contributed by atoms with van der Waals surface area (Å²) in [5.41, 5.74) is 3.86. The molecule has 2 N–H and O–H groups in total. The van der Waals surface area contributed by atoms with E-state index in [0.29, 0.717) is 17.1 Å². The van der Waals surface area contributed by atoms with Crippen molar-refractivity contribution in [2.45, 2.75) is 37.0 Å². The summed E-state index contributed by atoms with van der Waals surface area (Å²) in [4.78, 5) is 14.4. The Labute approximate surface area is 176 Å². The third-order valence-corrected chi connectivity index (χ3v) is 6.39. The highest BCUT2D eigenvalue weighted by atomic mass is 32.2. The number of amides is 1. The van der Waals surface area contributed by atoms with Gasteiger partial charge in [0.2, 0.25) is 0 Å². The molecule has 29 heavy (non-hydrogen) atoms. The minimum Gasteiger partial charge on any atom is -0.493 e. The van der Waals surface area contributed by atoms with Gasteiger partial charge < -0.3 is 9.47 Å². The molecule has 0 heterocycles. The van der Waals surface area contributed by atoms with Crippen LogP contribution in [0.25, 0.3) is 0 Å². The number of thioether (sulfide) groups is 1. The number of ether oxygens (including phenoxy) is 2. The number of hydrogen-bond acceptors (Lipinski definition) is 5. The zero-order valence-corrected chi connectivity index (χ0v) is 17.6. The van der Waals surface area contributed by atoms with E-state index in [1.165, 1.54) is 5.56 Å². The van der Waals surface area contributed by atoms with Gasteiger partial charge in [-0.1, -0.05) is 42.1 Å². The lowest BCUT2D eigenvalue weighted by Crippen LogP contribution is -2.24. The Hall–Kier alpha value is -2.44. The maximum Gasteiger partial charge on any atom is 0.271 e. The fraction of sp³-hybridized carbons (Fsp3) is 0.348. The van der Waals surface area contributed by atoms with E-state index in [1.807, 2.05) is 41.9 Å². The molecule has 2 aromatic carbocycles. The van der Waals surface area contributed by atoms with Crippen molar-refractivity contribution < 1.29 is 19.5 Å². The third kappa shape index (κ3) is 5.34. The van der Waals surface area contributed by atoms with Crippen molar-refractivity contribution in [2.24, 2.45) is 5.92 Å². The first-order valence-electron chi connectivity index (χ1n) is 9.77. The molecular weight excluding hydrogens is 386 g/mol. The molecule has 0 radical (unpaired) electrons. The van der Waals surface area contributed by atoms with Crippen molar-refractivity contribution >= 4 is 17.7 Å². The molecule has 0 aliphatic heterocycles. The van der Waals surface area contributed by atoms with Gasteiger partial charge in [-0.2, -0.15) is 0 Å². The van der Waals surface area contributed by atoms with Crippen LogP contribution < -0.4 is 15.0 Å². The second-order valence-corrected chi connectivity index (χ2v) is 8.18. The van der Waals surface area contributed by atoms with Crippen molar-refractivity contribution in [1.29, 1.82) is 0 Å². The zero-order chi connectivity index (χ0) is 20.6. The Morgan fingerprint density at radius 3 is 2.59 bits per heavy atom. The predicted molar refractivity (Wildman–Crippen MR) is 114 cm³/mol. The molecule has 0 spiro atoms. The van der Waals surface area contributed by atoms with Gasteiger partial charge in [-0.3, -0.25) is 10.0 Å². The Bertz CT molecular complexity index is 866. The fourth-order valence-corrected chi connectivity index (χ4v) is 4.97. The van der Waals surface area contributed by atoms with Gasteiger partial charge in [0.25, 0.3) is 5.91 Å². The second-order valence-electron chi connectivity index (χ2n) is 7.01. The Balaban J connectivity index is 1.73. The first-order valence-corrected chi connectivity index (χ1v) is 10.6. The average molecular weight is 414 g/mol. The quantitative estimate of drug-likeness (QED) is 0.448. The van der Waals surface area contributed by atoms with Crippen LogP contribution in [0.1, 0.15) is 31.2 Å². The van der Waals surface area contributed by atoms with Crippen LogP contribution in [0.3, 0.4) is 0 Å². The summed E-state index contributed by atoms with van der Waals surface area (Å²) in [7, 11) is 3.21. The van der Waals surface area contributed by atoms with Crippen molar-refractivity contribution in [1.82, 2.24) is 5.48 Å². The van der Waals surface area contributed by atoms with Gasteiger partial charge in [-0.25, -0.2) is 5.48 Å². The van der Waals surface area contributed by atoms with E-state index >= 15 is 0 Å². The molecule has 0 saturated carbocycles. The molecule has 0 aromatic heterocycles. The van der Waals surface area contributed by atoms with Gasteiger partial charge in [0.1, 0.15) is 0 Å². The summed E-state index contributed by atoms with van der Waals surface area (Å²) in [6.07, 6.45) is 4.67. The molecule has 154 valence electrons. The summed E-state index contributed by atoms with van der Waals surface area (Å²) in [5.74, 6) is 1.09. The molecule has 1 aliphatic carbocycles. The summed E-state index contributed by atoms with van der Waals surface area (Å²) in [6.45, 7) is 0. The smallest absolute Gasteiger partial charge is 0.271 e. The summed E-state index contributed by atoms with van der Waals surface area (Å²) in [6, 6.07) is 16.1. The highest BCUT2D eigenvalue weighted by Crippen LogP contribution is 2.45. The van der Waals surface area contributed by atoms with Crippen LogP contribution >= 0.6 is 11.8 Å². The standard InChI is InChI=1S/C23H27NO4S/c1-27-19-13-12-18(15-20(19)28-2)29-21-14-11-17(22(21)23(25)24-26)10-6-9-16-7-4-3-5-8-16/h3-5,7-8,12-13,15,17,26H,6,9-11,14H2,1-2H3,(H,24,25). The van der Waals surface area contributed by atoms with Crippen molar-refractivity contribution in [2.75, 3.05) is 14.2 Å². The van der Waals surface area contributed by atoms with E-state index in [-0.39, 0.29) is 5.92 Å². The first kappa shape index (κ1) is 21.3. The molecular formula is C23H27NO4S. The van der Waals surface area contributed by atoms with Crippen LogP contribution in [0.15, 0.2) is 63.9 Å². The first-order chi connectivity index (χ1) is 14.2. The van der Waals surface area contributed by atoms with Crippen molar-refractivity contribution in [3.8, 4) is 11.5 Å². The number of carbonyl (C=O) groups is 1. The molecule has 1 atom stereocenters. The van der Waals surface area contributed by atoms with Crippen molar-refractivity contribution in [3.05, 3.63) is 64.6 Å². The molecule has 0 bridgehead atoms. The average Bonchev–Trinajstić information content (AvgIpc) is 3.16. The highest BCUT2D eigenvalue weighted by molar-refractivity contribution is 8.03. The number of nitrogens with one attached hydrogen (secondary N) is 1. The third-order valence-electron chi connectivity index (χ3n) is 5.23. The Morgan fingerprint density at radius 2 is 1.90 bits per heavy atom. The van der Waals surface area contributed by atoms with E-state index in [1.54, 1.807) is 26.0 Å². The van der Waals surface area contributed by atoms with Crippen LogP contribution in [0.4, 0.5) is 0 Å². The lowest BCUT2D eigenvalue weighted by atomic mass is 9.93. The molecule has 3 rings (SSSR count). The van der Waals surface area contributed by atoms with Crippen LogP contribution in [0.5, 0.6) is 11.5 Å². The normalized spacial score (nSPS) is 16.0. The van der Waals surface area contributed by atoms with Crippen LogP contribution in [-0.4, -0.2) is 25.3 Å². The number of allylic oxidation sites excluding steroid dienone is 1. The Kier molecular flexibility index (Phi) is 7.61. The van der Waals surface area contributed by atoms with Gasteiger partial charge >= 0.3 is 0 Å². The number of benzene rings is 2. The largest absolute Gasteiger partial charge is 0.493 e.